The largest absolute Gasteiger partial charge is 0.367 e. The number of piperazine rings is 1. The highest BCUT2D eigenvalue weighted by Crippen LogP contribution is 2.35. The maximum Gasteiger partial charge on any atom is 0.271 e. The summed E-state index contributed by atoms with van der Waals surface area (Å²) in [6, 6.07) is 8.20. The van der Waals surface area contributed by atoms with Crippen LogP contribution in [-0.2, 0) is 20.0 Å². The molecule has 0 saturated carbocycles. The lowest BCUT2D eigenvalue weighted by molar-refractivity contribution is 0.128. The average molecular weight is 501 g/mol. The highest BCUT2D eigenvalue weighted by Gasteiger charge is 2.29. The van der Waals surface area contributed by atoms with E-state index in [0.29, 0.717) is 5.69 Å². The predicted molar refractivity (Wildman–Crippen MR) is 131 cm³/mol. The molecule has 0 unspecified atom stereocenters. The number of para-hydroxylation sites is 1. The number of rotatable bonds is 6. The molecule has 0 bridgehead atoms. The van der Waals surface area contributed by atoms with Gasteiger partial charge in [0, 0.05) is 45.8 Å². The molecule has 11 heteroatoms. The lowest BCUT2D eigenvalue weighted by Crippen LogP contribution is -2.53. The van der Waals surface area contributed by atoms with Crippen molar-refractivity contribution in [1.29, 1.82) is 0 Å². The van der Waals surface area contributed by atoms with E-state index in [-0.39, 0.29) is 14.0 Å². The van der Waals surface area contributed by atoms with Gasteiger partial charge in [0.15, 0.2) is 0 Å². The van der Waals surface area contributed by atoms with E-state index < -0.39 is 20.0 Å². The van der Waals surface area contributed by atoms with E-state index in [9.17, 15) is 16.8 Å². The third-order valence-electron chi connectivity index (χ3n) is 5.58. The van der Waals surface area contributed by atoms with Crippen LogP contribution in [-0.4, -0.2) is 71.9 Å². The number of sulfonamides is 2. The second-order valence-corrected chi connectivity index (χ2v) is 14.5. The van der Waals surface area contributed by atoms with E-state index in [1.165, 1.54) is 26.2 Å². The Morgan fingerprint density at radius 2 is 1.53 bits per heavy atom. The lowest BCUT2D eigenvalue weighted by atomic mass is 10.0. The van der Waals surface area contributed by atoms with Crippen LogP contribution >= 0.6 is 11.3 Å². The van der Waals surface area contributed by atoms with Crippen LogP contribution in [0.2, 0.25) is 0 Å². The Kier molecular flexibility index (Phi) is 6.98. The molecule has 1 fully saturated rings. The van der Waals surface area contributed by atoms with Crippen LogP contribution in [0.4, 0.5) is 11.4 Å². The number of hydrogen-bond acceptors (Lipinski definition) is 7. The van der Waals surface area contributed by atoms with Crippen molar-refractivity contribution in [2.45, 2.75) is 41.7 Å². The summed E-state index contributed by atoms with van der Waals surface area (Å²) >= 11 is 0.743. The second-order valence-electron chi connectivity index (χ2n) is 9.08. The summed E-state index contributed by atoms with van der Waals surface area (Å²) in [5.41, 5.74) is 2.44. The Morgan fingerprint density at radius 3 is 2.09 bits per heavy atom. The monoisotopic (exact) mass is 500 g/mol. The third-order valence-corrected chi connectivity index (χ3v) is 10.8. The number of nitrogens with one attached hydrogen (secondary N) is 1. The van der Waals surface area contributed by atoms with Gasteiger partial charge in [-0.3, -0.25) is 9.62 Å². The van der Waals surface area contributed by atoms with Gasteiger partial charge in [-0.05, 0) is 51.5 Å². The summed E-state index contributed by atoms with van der Waals surface area (Å²) in [5, 5.41) is 0. The van der Waals surface area contributed by atoms with Crippen LogP contribution < -0.4 is 9.62 Å². The Morgan fingerprint density at radius 1 is 0.938 bits per heavy atom. The van der Waals surface area contributed by atoms with Crippen LogP contribution in [0.1, 0.15) is 26.3 Å². The minimum Gasteiger partial charge on any atom is -0.367 e. The first kappa shape index (κ1) is 25.0. The van der Waals surface area contributed by atoms with Crippen LogP contribution in [0.25, 0.3) is 0 Å². The van der Waals surface area contributed by atoms with E-state index in [0.717, 1.165) is 53.1 Å². The summed E-state index contributed by atoms with van der Waals surface area (Å²) in [4.78, 5) is 4.63. The van der Waals surface area contributed by atoms with Gasteiger partial charge in [0.05, 0.1) is 11.4 Å². The summed E-state index contributed by atoms with van der Waals surface area (Å²) in [5.74, 6) is 0. The molecular formula is C21H32N4O4S3. The van der Waals surface area contributed by atoms with Crippen LogP contribution in [0.15, 0.2) is 38.8 Å². The lowest BCUT2D eigenvalue weighted by Gasteiger charge is -2.43. The fraction of sp³-hybridized carbons (Fsp3) is 0.524. The molecule has 3 rings (SSSR count). The van der Waals surface area contributed by atoms with Crippen molar-refractivity contribution < 1.29 is 16.8 Å². The van der Waals surface area contributed by atoms with E-state index >= 15 is 0 Å². The molecular weight excluding hydrogens is 468 g/mol. The number of hydrogen-bond donors (Lipinski definition) is 1. The van der Waals surface area contributed by atoms with Crippen molar-refractivity contribution in [2.75, 3.05) is 49.9 Å². The second kappa shape index (κ2) is 8.94. The first-order valence-electron chi connectivity index (χ1n) is 10.4. The molecule has 178 valence electrons. The van der Waals surface area contributed by atoms with Gasteiger partial charge in [-0.15, -0.1) is 11.3 Å². The van der Waals surface area contributed by atoms with Crippen LogP contribution in [0.5, 0.6) is 0 Å². The molecule has 0 aliphatic carbocycles. The zero-order valence-electron chi connectivity index (χ0n) is 19.4. The summed E-state index contributed by atoms with van der Waals surface area (Å²) in [6.07, 6.45) is 0. The molecule has 1 aliphatic rings. The van der Waals surface area contributed by atoms with E-state index in [1.54, 1.807) is 6.07 Å². The Labute approximate surface area is 195 Å². The molecule has 1 aromatic carbocycles. The standard InChI is InChI=1S/C21H32N4O4S3/c1-16-8-7-9-17(20(16)24-12-14-25(15-13-24)21(2,3)4)22-31(26,27)18-10-11-19(30-18)32(28,29)23(5)6/h7-11,22H,12-15H2,1-6H3. The van der Waals surface area contributed by atoms with Gasteiger partial charge < -0.3 is 4.90 Å². The zero-order valence-corrected chi connectivity index (χ0v) is 21.9. The van der Waals surface area contributed by atoms with Crippen molar-refractivity contribution in [3.63, 3.8) is 0 Å². The zero-order chi connectivity index (χ0) is 23.9. The van der Waals surface area contributed by atoms with Gasteiger partial charge in [0.25, 0.3) is 20.0 Å². The Hall–Kier alpha value is -1.66. The van der Waals surface area contributed by atoms with Gasteiger partial charge in [-0.1, -0.05) is 12.1 Å². The van der Waals surface area contributed by atoms with Crippen molar-refractivity contribution in [3.05, 3.63) is 35.9 Å². The molecule has 1 saturated heterocycles. The predicted octanol–water partition coefficient (Wildman–Crippen LogP) is 3.03. The van der Waals surface area contributed by atoms with Crippen molar-refractivity contribution in [2.24, 2.45) is 0 Å². The number of thiophene rings is 1. The van der Waals surface area contributed by atoms with Crippen molar-refractivity contribution in [1.82, 2.24) is 9.21 Å². The van der Waals surface area contributed by atoms with Crippen molar-refractivity contribution >= 4 is 42.8 Å². The van der Waals surface area contributed by atoms with E-state index in [2.05, 4.69) is 35.3 Å². The first-order valence-corrected chi connectivity index (χ1v) is 14.1. The topological polar surface area (TPSA) is 90.0 Å². The molecule has 2 aromatic rings. The fourth-order valence-corrected chi connectivity index (χ4v) is 7.72. The minimum atomic E-state index is -3.94. The maximum absolute atomic E-state index is 13.1. The Bertz CT molecular complexity index is 1170. The molecule has 1 aromatic heterocycles. The highest BCUT2D eigenvalue weighted by molar-refractivity contribution is 7.96. The minimum absolute atomic E-state index is 0.00866. The smallest absolute Gasteiger partial charge is 0.271 e. The molecule has 0 spiro atoms. The summed E-state index contributed by atoms with van der Waals surface area (Å²) in [6.45, 7) is 11.9. The molecule has 0 radical (unpaired) electrons. The van der Waals surface area contributed by atoms with Gasteiger partial charge in [-0.2, -0.15) is 0 Å². The van der Waals surface area contributed by atoms with Gasteiger partial charge in [0.1, 0.15) is 8.42 Å². The van der Waals surface area contributed by atoms with Gasteiger partial charge >= 0.3 is 0 Å². The first-order chi connectivity index (χ1) is 14.7. The Balaban J connectivity index is 1.88. The van der Waals surface area contributed by atoms with Crippen LogP contribution in [0.3, 0.4) is 0 Å². The number of nitrogens with zero attached hydrogens (tertiary/aromatic N) is 3. The van der Waals surface area contributed by atoms with E-state index in [1.807, 2.05) is 19.1 Å². The number of anilines is 2. The number of aryl methyl sites for hydroxylation is 1. The van der Waals surface area contributed by atoms with Crippen LogP contribution in [0, 0.1) is 6.92 Å². The number of benzene rings is 1. The summed E-state index contributed by atoms with van der Waals surface area (Å²) < 4.78 is 54.6. The quantitative estimate of drug-likeness (QED) is 0.656. The average Bonchev–Trinajstić information content (AvgIpc) is 3.19. The van der Waals surface area contributed by atoms with Gasteiger partial charge in [-0.25, -0.2) is 21.1 Å². The molecule has 0 atom stereocenters. The molecule has 0 amide bonds. The molecule has 1 aliphatic heterocycles. The third kappa shape index (κ3) is 5.12. The highest BCUT2D eigenvalue weighted by atomic mass is 32.3. The maximum atomic E-state index is 13.1. The molecule has 32 heavy (non-hydrogen) atoms. The molecule has 1 N–H and O–H groups in total. The summed E-state index contributed by atoms with van der Waals surface area (Å²) in [7, 11) is -4.80. The van der Waals surface area contributed by atoms with E-state index in [4.69, 9.17) is 0 Å². The molecule has 2 heterocycles. The normalized spacial score (nSPS) is 16.5. The SMILES string of the molecule is Cc1cccc(NS(=O)(=O)c2ccc(S(=O)(=O)N(C)C)s2)c1N1CCN(C(C)(C)C)CC1. The van der Waals surface area contributed by atoms with Crippen molar-refractivity contribution in [3.8, 4) is 0 Å². The molecule has 8 nitrogen and oxygen atoms in total. The fourth-order valence-electron chi connectivity index (χ4n) is 3.72. The van der Waals surface area contributed by atoms with Gasteiger partial charge in [0.2, 0.25) is 0 Å².